The molecule has 0 unspecified atom stereocenters. The molecule has 0 aromatic carbocycles. The summed E-state index contributed by atoms with van der Waals surface area (Å²) in [6.45, 7) is 6.10. The van der Waals surface area contributed by atoms with Crippen molar-refractivity contribution < 1.29 is 28.7 Å². The highest BCUT2D eigenvalue weighted by Gasteiger charge is 2.29. The summed E-state index contributed by atoms with van der Waals surface area (Å²) >= 11 is 0. The maximum atomic E-state index is 12.1. The maximum absolute atomic E-state index is 12.1. The number of amides is 4. The summed E-state index contributed by atoms with van der Waals surface area (Å²) < 4.78 is 9.92. The molecule has 2 heterocycles. The molecule has 0 radical (unpaired) electrons. The van der Waals surface area contributed by atoms with Crippen molar-refractivity contribution in [3.05, 3.63) is 0 Å². The van der Waals surface area contributed by atoms with Crippen LogP contribution in [0.3, 0.4) is 0 Å². The lowest BCUT2D eigenvalue weighted by molar-refractivity contribution is -0.140. The summed E-state index contributed by atoms with van der Waals surface area (Å²) in [4.78, 5) is 50.9. The molecule has 0 aromatic rings. The molecule has 10 heteroatoms. The highest BCUT2D eigenvalue weighted by atomic mass is 16.6. The van der Waals surface area contributed by atoms with Crippen LogP contribution in [0.5, 0.6) is 0 Å². The minimum Gasteiger partial charge on any atom is -0.450 e. The van der Waals surface area contributed by atoms with Crippen LogP contribution in [0.1, 0.15) is 39.5 Å². The van der Waals surface area contributed by atoms with Crippen molar-refractivity contribution >= 4 is 24.0 Å². The lowest BCUT2D eigenvalue weighted by Gasteiger charge is -2.32. The quantitative estimate of drug-likeness (QED) is 0.665. The topological polar surface area (TPSA) is 117 Å². The van der Waals surface area contributed by atoms with Gasteiger partial charge in [0.1, 0.15) is 0 Å². The van der Waals surface area contributed by atoms with Crippen LogP contribution in [-0.4, -0.2) is 85.3 Å². The first kappa shape index (κ1) is 21.8. The first-order valence-corrected chi connectivity index (χ1v) is 9.89. The molecular formula is C18H30N4O6. The van der Waals surface area contributed by atoms with E-state index in [4.69, 9.17) is 9.47 Å². The molecule has 2 N–H and O–H groups in total. The van der Waals surface area contributed by atoms with E-state index >= 15 is 0 Å². The minimum absolute atomic E-state index is 0.144. The van der Waals surface area contributed by atoms with Crippen LogP contribution < -0.4 is 10.6 Å². The van der Waals surface area contributed by atoms with Gasteiger partial charge >= 0.3 is 24.0 Å². The van der Waals surface area contributed by atoms with E-state index in [0.29, 0.717) is 65.1 Å². The number of nitrogens with one attached hydrogen (secondary N) is 2. The number of nitrogens with zero attached hydrogens (tertiary/aromatic N) is 2. The molecule has 2 rings (SSSR count). The van der Waals surface area contributed by atoms with Crippen LogP contribution in [0.15, 0.2) is 0 Å². The number of carbonyl (C=O) groups excluding carboxylic acids is 4. The Morgan fingerprint density at radius 3 is 1.32 bits per heavy atom. The van der Waals surface area contributed by atoms with Crippen LogP contribution >= 0.6 is 0 Å². The van der Waals surface area contributed by atoms with E-state index in [1.54, 1.807) is 23.6 Å². The summed E-state index contributed by atoms with van der Waals surface area (Å²) in [6.07, 6.45) is 1.62. The van der Waals surface area contributed by atoms with Gasteiger partial charge in [-0.1, -0.05) is 0 Å². The van der Waals surface area contributed by atoms with Crippen molar-refractivity contribution in [2.24, 2.45) is 0 Å². The molecule has 158 valence electrons. The fourth-order valence-corrected chi connectivity index (χ4v) is 3.34. The molecule has 2 saturated heterocycles. The van der Waals surface area contributed by atoms with Crippen molar-refractivity contribution in [3.8, 4) is 0 Å². The Morgan fingerprint density at radius 2 is 1.04 bits per heavy atom. The molecule has 2 fully saturated rings. The second kappa shape index (κ2) is 10.7. The predicted octanol–water partition coefficient (Wildman–Crippen LogP) is 0.461. The molecule has 0 aromatic heterocycles. The van der Waals surface area contributed by atoms with Crippen LogP contribution in [-0.2, 0) is 19.1 Å². The van der Waals surface area contributed by atoms with E-state index < -0.39 is 11.8 Å². The number of piperidine rings is 2. The molecular weight excluding hydrogens is 368 g/mol. The number of ether oxygens (including phenoxy) is 2. The van der Waals surface area contributed by atoms with Crippen molar-refractivity contribution in [1.82, 2.24) is 20.4 Å². The zero-order valence-electron chi connectivity index (χ0n) is 16.6. The van der Waals surface area contributed by atoms with Crippen LogP contribution in [0, 0.1) is 0 Å². The van der Waals surface area contributed by atoms with Crippen LogP contribution in [0.25, 0.3) is 0 Å². The smallest absolute Gasteiger partial charge is 0.409 e. The molecule has 0 bridgehead atoms. The standard InChI is InChI=1S/C18H30N4O6/c1-3-27-17(25)21-9-5-13(6-10-21)19-15(23)16(24)20-14-7-11-22(12-8-14)18(26)28-4-2/h13-14H,3-12H2,1-2H3,(H,19,23)(H,20,24). The van der Waals surface area contributed by atoms with Crippen molar-refractivity contribution in [2.45, 2.75) is 51.6 Å². The van der Waals surface area contributed by atoms with E-state index in [0.717, 1.165) is 0 Å². The van der Waals surface area contributed by atoms with E-state index in [-0.39, 0.29) is 24.3 Å². The monoisotopic (exact) mass is 398 g/mol. The molecule has 2 aliphatic rings. The van der Waals surface area contributed by atoms with Gasteiger partial charge in [-0.05, 0) is 39.5 Å². The normalized spacial score (nSPS) is 18.4. The summed E-state index contributed by atoms with van der Waals surface area (Å²) in [5.74, 6) is -1.33. The van der Waals surface area contributed by atoms with E-state index in [2.05, 4.69) is 10.6 Å². The van der Waals surface area contributed by atoms with Gasteiger partial charge in [0.05, 0.1) is 13.2 Å². The highest BCUT2D eigenvalue weighted by Crippen LogP contribution is 2.13. The van der Waals surface area contributed by atoms with Gasteiger partial charge in [0.2, 0.25) is 0 Å². The van der Waals surface area contributed by atoms with E-state index in [9.17, 15) is 19.2 Å². The molecule has 28 heavy (non-hydrogen) atoms. The zero-order chi connectivity index (χ0) is 20.5. The van der Waals surface area contributed by atoms with Gasteiger partial charge in [-0.25, -0.2) is 9.59 Å². The Kier molecular flexibility index (Phi) is 8.34. The van der Waals surface area contributed by atoms with E-state index in [1.165, 1.54) is 0 Å². The van der Waals surface area contributed by atoms with Gasteiger partial charge in [0.15, 0.2) is 0 Å². The van der Waals surface area contributed by atoms with Crippen LogP contribution in [0.4, 0.5) is 9.59 Å². The Labute approximate surface area is 164 Å². The molecule has 4 amide bonds. The van der Waals surface area contributed by atoms with Crippen molar-refractivity contribution in [3.63, 3.8) is 0 Å². The summed E-state index contributed by atoms with van der Waals surface area (Å²) in [7, 11) is 0. The number of hydrogen-bond acceptors (Lipinski definition) is 6. The lowest BCUT2D eigenvalue weighted by atomic mass is 10.0. The largest absolute Gasteiger partial charge is 0.450 e. The molecule has 0 saturated carbocycles. The third-order valence-corrected chi connectivity index (χ3v) is 4.92. The summed E-state index contributed by atoms with van der Waals surface area (Å²) in [6, 6.07) is -0.288. The first-order chi connectivity index (χ1) is 13.4. The third-order valence-electron chi connectivity index (χ3n) is 4.92. The van der Waals surface area contributed by atoms with Gasteiger partial charge in [0.25, 0.3) is 0 Å². The Bertz CT molecular complexity index is 518. The number of carbonyl (C=O) groups is 4. The van der Waals surface area contributed by atoms with Gasteiger partial charge < -0.3 is 29.9 Å². The first-order valence-electron chi connectivity index (χ1n) is 9.89. The van der Waals surface area contributed by atoms with Crippen LogP contribution in [0.2, 0.25) is 0 Å². The minimum atomic E-state index is -0.664. The predicted molar refractivity (Wildman–Crippen MR) is 99.5 cm³/mol. The van der Waals surface area contributed by atoms with Gasteiger partial charge in [-0.2, -0.15) is 0 Å². The van der Waals surface area contributed by atoms with Crippen molar-refractivity contribution in [1.29, 1.82) is 0 Å². The highest BCUT2D eigenvalue weighted by molar-refractivity contribution is 6.35. The zero-order valence-corrected chi connectivity index (χ0v) is 16.6. The lowest BCUT2D eigenvalue weighted by Crippen LogP contribution is -2.53. The fourth-order valence-electron chi connectivity index (χ4n) is 3.34. The average Bonchev–Trinajstić information content (AvgIpc) is 2.69. The molecule has 0 atom stereocenters. The number of rotatable bonds is 4. The molecule has 2 aliphatic heterocycles. The third kappa shape index (κ3) is 6.28. The Balaban J connectivity index is 1.68. The van der Waals surface area contributed by atoms with Gasteiger partial charge in [0, 0.05) is 38.3 Å². The summed E-state index contributed by atoms with van der Waals surface area (Å²) in [5.41, 5.74) is 0. The Morgan fingerprint density at radius 1 is 0.714 bits per heavy atom. The molecule has 0 spiro atoms. The number of likely N-dealkylation sites (tertiary alicyclic amines) is 2. The summed E-state index contributed by atoms with van der Waals surface area (Å²) in [5, 5.41) is 5.46. The SMILES string of the molecule is CCOC(=O)N1CCC(NC(=O)C(=O)NC2CCN(C(=O)OCC)CC2)CC1. The second-order valence-electron chi connectivity index (χ2n) is 6.87. The van der Waals surface area contributed by atoms with E-state index in [1.807, 2.05) is 0 Å². The number of hydrogen-bond donors (Lipinski definition) is 2. The van der Waals surface area contributed by atoms with Crippen molar-refractivity contribution in [2.75, 3.05) is 39.4 Å². The fraction of sp³-hybridized carbons (Fsp3) is 0.778. The second-order valence-corrected chi connectivity index (χ2v) is 6.87. The van der Waals surface area contributed by atoms with Gasteiger partial charge in [-0.3, -0.25) is 9.59 Å². The maximum Gasteiger partial charge on any atom is 0.409 e. The average molecular weight is 398 g/mol. The Hall–Kier alpha value is -2.52. The van der Waals surface area contributed by atoms with Gasteiger partial charge in [-0.15, -0.1) is 0 Å². The molecule has 10 nitrogen and oxygen atoms in total. The molecule has 0 aliphatic carbocycles.